The third-order valence-corrected chi connectivity index (χ3v) is 5.41. The first-order valence-electron chi connectivity index (χ1n) is 8.36. The van der Waals surface area contributed by atoms with Gasteiger partial charge in [0.2, 0.25) is 5.95 Å². The first-order chi connectivity index (χ1) is 11.7. The Bertz CT molecular complexity index is 824. The van der Waals surface area contributed by atoms with Gasteiger partial charge in [-0.1, -0.05) is 13.0 Å². The van der Waals surface area contributed by atoms with E-state index in [9.17, 15) is 0 Å². The van der Waals surface area contributed by atoms with Gasteiger partial charge in [-0.15, -0.1) is 11.3 Å². The molecule has 0 radical (unpaired) electrons. The van der Waals surface area contributed by atoms with Crippen molar-refractivity contribution in [1.82, 2.24) is 19.5 Å². The average Bonchev–Trinajstić information content (AvgIpc) is 3.26. The van der Waals surface area contributed by atoms with Gasteiger partial charge in [0, 0.05) is 38.7 Å². The first kappa shape index (κ1) is 15.3. The Balaban J connectivity index is 1.80. The lowest BCUT2D eigenvalue weighted by molar-refractivity contribution is 0.442. The maximum absolute atomic E-state index is 4.94. The molecular formula is C18H21N5S. The standard InChI is InChI=1S/C18H21N5S/c1-13-5-3-8-23(12-13)18-20-11-14(17-19-7-9-22(17)2)16(21-18)15-6-4-10-24-15/h4,6-7,9-11,13H,3,5,8,12H2,1-2H3/t13-/m1/s1. The molecule has 1 fully saturated rings. The van der Waals surface area contributed by atoms with Crippen molar-refractivity contribution in [2.24, 2.45) is 13.0 Å². The Kier molecular flexibility index (Phi) is 4.06. The van der Waals surface area contributed by atoms with Crippen LogP contribution in [0.15, 0.2) is 36.1 Å². The molecule has 5 nitrogen and oxygen atoms in total. The van der Waals surface area contributed by atoms with Crippen molar-refractivity contribution in [3.8, 4) is 22.0 Å². The van der Waals surface area contributed by atoms with E-state index in [0.29, 0.717) is 5.92 Å². The van der Waals surface area contributed by atoms with E-state index in [4.69, 9.17) is 4.98 Å². The van der Waals surface area contributed by atoms with Gasteiger partial charge in [0.25, 0.3) is 0 Å². The highest BCUT2D eigenvalue weighted by atomic mass is 32.1. The van der Waals surface area contributed by atoms with Crippen molar-refractivity contribution < 1.29 is 0 Å². The smallest absolute Gasteiger partial charge is 0.225 e. The van der Waals surface area contributed by atoms with Crippen LogP contribution in [0.1, 0.15) is 19.8 Å². The van der Waals surface area contributed by atoms with Gasteiger partial charge in [-0.25, -0.2) is 15.0 Å². The molecule has 0 saturated carbocycles. The van der Waals surface area contributed by atoms with Crippen LogP contribution in [0.5, 0.6) is 0 Å². The third-order valence-electron chi connectivity index (χ3n) is 4.53. The lowest BCUT2D eigenvalue weighted by Crippen LogP contribution is -2.35. The molecule has 0 aliphatic carbocycles. The van der Waals surface area contributed by atoms with E-state index in [2.05, 4.69) is 39.3 Å². The molecule has 0 spiro atoms. The van der Waals surface area contributed by atoms with Gasteiger partial charge in [0.05, 0.1) is 16.1 Å². The van der Waals surface area contributed by atoms with Crippen molar-refractivity contribution >= 4 is 17.3 Å². The van der Waals surface area contributed by atoms with Crippen molar-refractivity contribution in [3.63, 3.8) is 0 Å². The molecule has 3 aromatic heterocycles. The highest BCUT2D eigenvalue weighted by Gasteiger charge is 2.21. The Morgan fingerprint density at radius 3 is 2.92 bits per heavy atom. The van der Waals surface area contributed by atoms with Crippen LogP contribution in [0.4, 0.5) is 5.95 Å². The summed E-state index contributed by atoms with van der Waals surface area (Å²) in [6, 6.07) is 4.18. The summed E-state index contributed by atoms with van der Waals surface area (Å²) < 4.78 is 2.01. The van der Waals surface area contributed by atoms with Crippen molar-refractivity contribution in [1.29, 1.82) is 0 Å². The SMILES string of the molecule is C[C@@H]1CCCN(c2ncc(-c3nccn3C)c(-c3cccs3)n2)C1. The largest absolute Gasteiger partial charge is 0.341 e. The van der Waals surface area contributed by atoms with Gasteiger partial charge in [-0.05, 0) is 30.2 Å². The first-order valence-corrected chi connectivity index (χ1v) is 9.24. The van der Waals surface area contributed by atoms with Gasteiger partial charge in [0.15, 0.2) is 0 Å². The molecule has 0 unspecified atom stereocenters. The number of thiophene rings is 1. The molecule has 0 bridgehead atoms. The second-order valence-corrected chi connectivity index (χ2v) is 7.41. The molecule has 24 heavy (non-hydrogen) atoms. The fourth-order valence-electron chi connectivity index (χ4n) is 3.29. The summed E-state index contributed by atoms with van der Waals surface area (Å²) in [4.78, 5) is 17.6. The second kappa shape index (κ2) is 6.36. The molecule has 3 aromatic rings. The zero-order valence-corrected chi connectivity index (χ0v) is 14.8. The van der Waals surface area contributed by atoms with Crippen LogP contribution >= 0.6 is 11.3 Å². The van der Waals surface area contributed by atoms with Crippen LogP contribution < -0.4 is 4.90 Å². The maximum Gasteiger partial charge on any atom is 0.225 e. The normalized spacial score (nSPS) is 18.1. The zero-order valence-electron chi connectivity index (χ0n) is 14.0. The van der Waals surface area contributed by atoms with Gasteiger partial charge < -0.3 is 9.47 Å². The molecule has 4 rings (SSSR count). The molecular weight excluding hydrogens is 318 g/mol. The van der Waals surface area contributed by atoms with Gasteiger partial charge in [-0.3, -0.25) is 0 Å². The zero-order chi connectivity index (χ0) is 16.5. The number of rotatable bonds is 3. The average molecular weight is 339 g/mol. The maximum atomic E-state index is 4.94. The predicted molar refractivity (Wildman–Crippen MR) is 98.2 cm³/mol. The minimum atomic E-state index is 0.696. The Morgan fingerprint density at radius 2 is 2.21 bits per heavy atom. The lowest BCUT2D eigenvalue weighted by atomic mass is 10.0. The molecule has 1 saturated heterocycles. The van der Waals surface area contributed by atoms with Gasteiger partial charge in [-0.2, -0.15) is 0 Å². The molecule has 6 heteroatoms. The number of hydrogen-bond acceptors (Lipinski definition) is 5. The van der Waals surface area contributed by atoms with Crippen LogP contribution in [0.25, 0.3) is 22.0 Å². The molecule has 0 amide bonds. The minimum absolute atomic E-state index is 0.696. The van der Waals surface area contributed by atoms with E-state index >= 15 is 0 Å². The number of hydrogen-bond donors (Lipinski definition) is 0. The number of aryl methyl sites for hydroxylation is 1. The Labute approximate surface area is 146 Å². The summed E-state index contributed by atoms with van der Waals surface area (Å²) in [5.74, 6) is 2.43. The quantitative estimate of drug-likeness (QED) is 0.727. The lowest BCUT2D eigenvalue weighted by Gasteiger charge is -2.31. The summed E-state index contributed by atoms with van der Waals surface area (Å²) in [6.45, 7) is 4.37. The van der Waals surface area contributed by atoms with Crippen LogP contribution in [0, 0.1) is 5.92 Å². The molecule has 1 aliphatic rings. The van der Waals surface area contributed by atoms with Crippen LogP contribution in [-0.4, -0.2) is 32.6 Å². The topological polar surface area (TPSA) is 46.8 Å². The Morgan fingerprint density at radius 1 is 1.29 bits per heavy atom. The third kappa shape index (κ3) is 2.82. The van der Waals surface area contributed by atoms with Crippen LogP contribution in [-0.2, 0) is 7.05 Å². The number of imidazole rings is 1. The van der Waals surface area contributed by atoms with Crippen molar-refractivity contribution in [2.45, 2.75) is 19.8 Å². The number of nitrogens with zero attached hydrogens (tertiary/aromatic N) is 5. The second-order valence-electron chi connectivity index (χ2n) is 6.46. The molecule has 1 aliphatic heterocycles. The molecule has 0 aromatic carbocycles. The highest BCUT2D eigenvalue weighted by Crippen LogP contribution is 2.33. The number of aromatic nitrogens is 4. The van der Waals surface area contributed by atoms with Gasteiger partial charge in [0.1, 0.15) is 5.82 Å². The summed E-state index contributed by atoms with van der Waals surface area (Å²) in [7, 11) is 2.00. The van der Waals surface area contributed by atoms with E-state index in [-0.39, 0.29) is 0 Å². The summed E-state index contributed by atoms with van der Waals surface area (Å²) in [6.07, 6.45) is 8.19. The van der Waals surface area contributed by atoms with Crippen molar-refractivity contribution in [2.75, 3.05) is 18.0 Å². The predicted octanol–water partition coefficient (Wildman–Crippen LogP) is 3.84. The molecule has 1 atom stereocenters. The van der Waals surface area contributed by atoms with Crippen LogP contribution in [0.3, 0.4) is 0 Å². The monoisotopic (exact) mass is 339 g/mol. The fraction of sp³-hybridized carbons (Fsp3) is 0.389. The van der Waals surface area contributed by atoms with E-state index in [0.717, 1.165) is 41.0 Å². The minimum Gasteiger partial charge on any atom is -0.341 e. The number of piperidine rings is 1. The van der Waals surface area contributed by atoms with Gasteiger partial charge >= 0.3 is 0 Å². The molecule has 4 heterocycles. The summed E-state index contributed by atoms with van der Waals surface area (Å²) >= 11 is 1.70. The Hall–Kier alpha value is -2.21. The van der Waals surface area contributed by atoms with Crippen LogP contribution in [0.2, 0.25) is 0 Å². The van der Waals surface area contributed by atoms with E-state index in [1.165, 1.54) is 12.8 Å². The van der Waals surface area contributed by atoms with E-state index in [1.807, 2.05) is 30.2 Å². The van der Waals surface area contributed by atoms with Crippen molar-refractivity contribution in [3.05, 3.63) is 36.1 Å². The molecule has 124 valence electrons. The summed E-state index contributed by atoms with van der Waals surface area (Å²) in [5, 5.41) is 2.09. The highest BCUT2D eigenvalue weighted by molar-refractivity contribution is 7.13. The molecule has 0 N–H and O–H groups in total. The van der Waals surface area contributed by atoms with E-state index in [1.54, 1.807) is 11.3 Å². The van der Waals surface area contributed by atoms with E-state index < -0.39 is 0 Å². The fourth-order valence-corrected chi connectivity index (χ4v) is 4.01. The summed E-state index contributed by atoms with van der Waals surface area (Å²) in [5.41, 5.74) is 1.96. The number of anilines is 1.